The first kappa shape index (κ1) is 17.0. The van der Waals surface area contributed by atoms with Crippen LogP contribution in [0.3, 0.4) is 0 Å². The minimum absolute atomic E-state index is 0.0760. The van der Waals surface area contributed by atoms with Gasteiger partial charge >= 0.3 is 6.03 Å². The van der Waals surface area contributed by atoms with Crippen LogP contribution in [-0.4, -0.2) is 41.5 Å². The zero-order chi connectivity index (χ0) is 17.9. The van der Waals surface area contributed by atoms with Gasteiger partial charge in [-0.3, -0.25) is 4.90 Å². The van der Waals surface area contributed by atoms with Crippen LogP contribution in [0.5, 0.6) is 0 Å². The summed E-state index contributed by atoms with van der Waals surface area (Å²) >= 11 is 0. The summed E-state index contributed by atoms with van der Waals surface area (Å²) in [4.78, 5) is 17.2. The van der Waals surface area contributed by atoms with Gasteiger partial charge in [-0.05, 0) is 48.6 Å². The maximum Gasteiger partial charge on any atom is 0.322 e. The molecule has 2 amide bonds. The number of amides is 2. The Bertz CT molecular complexity index is 750. The molecule has 5 rings (SSSR count). The van der Waals surface area contributed by atoms with E-state index in [1.165, 1.54) is 24.1 Å². The summed E-state index contributed by atoms with van der Waals surface area (Å²) in [5, 5.41) is 2.92. The van der Waals surface area contributed by atoms with Crippen molar-refractivity contribution in [3.63, 3.8) is 0 Å². The number of carbonyl (C=O) groups is 1. The molecule has 26 heavy (non-hydrogen) atoms. The zero-order valence-electron chi connectivity index (χ0n) is 14.8. The van der Waals surface area contributed by atoms with Gasteiger partial charge in [-0.1, -0.05) is 30.3 Å². The molecular weight excluding hydrogens is 329 g/mol. The van der Waals surface area contributed by atoms with E-state index in [1.54, 1.807) is 12.1 Å². The van der Waals surface area contributed by atoms with E-state index in [-0.39, 0.29) is 17.9 Å². The van der Waals surface area contributed by atoms with Crippen LogP contribution < -0.4 is 5.32 Å². The molecule has 2 aromatic carbocycles. The summed E-state index contributed by atoms with van der Waals surface area (Å²) in [7, 11) is 0. The molecule has 3 aliphatic rings. The Morgan fingerprint density at radius 3 is 2.54 bits per heavy atom. The van der Waals surface area contributed by atoms with Crippen molar-refractivity contribution in [2.75, 3.05) is 25.0 Å². The predicted molar refractivity (Wildman–Crippen MR) is 100 cm³/mol. The van der Waals surface area contributed by atoms with Crippen LogP contribution in [-0.2, 0) is 6.54 Å². The highest BCUT2D eigenvalue weighted by atomic mass is 19.1. The van der Waals surface area contributed by atoms with Gasteiger partial charge in [0.15, 0.2) is 0 Å². The van der Waals surface area contributed by atoms with E-state index in [2.05, 4.69) is 34.5 Å². The van der Waals surface area contributed by atoms with Crippen molar-refractivity contribution in [2.45, 2.75) is 25.4 Å². The molecule has 5 heteroatoms. The number of benzene rings is 2. The molecule has 136 valence electrons. The van der Waals surface area contributed by atoms with Crippen LogP contribution in [0.25, 0.3) is 0 Å². The summed E-state index contributed by atoms with van der Waals surface area (Å²) in [6.07, 6.45) is 2.23. The van der Waals surface area contributed by atoms with Gasteiger partial charge in [0.1, 0.15) is 5.82 Å². The Balaban J connectivity index is 1.42. The van der Waals surface area contributed by atoms with Crippen LogP contribution >= 0.6 is 0 Å². The zero-order valence-corrected chi connectivity index (χ0v) is 14.8. The molecule has 3 aliphatic heterocycles. The molecule has 2 atom stereocenters. The van der Waals surface area contributed by atoms with Crippen LogP contribution in [0.4, 0.5) is 14.9 Å². The molecular formula is C21H24FN3O. The lowest BCUT2D eigenvalue weighted by atomic mass is 9.95. The first-order valence-electron chi connectivity index (χ1n) is 9.27. The fourth-order valence-electron chi connectivity index (χ4n) is 4.13. The normalized spacial score (nSPS) is 22.9. The van der Waals surface area contributed by atoms with Gasteiger partial charge < -0.3 is 10.2 Å². The SMILES string of the molecule is O=C(Nc1ccc(F)cc1)N1C[C@H]2CC[C@@H]1CN(Cc1ccccc1)C2. The number of hydrogen-bond donors (Lipinski definition) is 1. The van der Waals surface area contributed by atoms with Crippen molar-refractivity contribution in [2.24, 2.45) is 5.92 Å². The fraction of sp³-hybridized carbons (Fsp3) is 0.381. The minimum atomic E-state index is -0.298. The smallest absolute Gasteiger partial charge is 0.320 e. The second kappa shape index (κ2) is 7.46. The highest BCUT2D eigenvalue weighted by molar-refractivity contribution is 5.89. The lowest BCUT2D eigenvalue weighted by Crippen LogP contribution is -2.49. The van der Waals surface area contributed by atoms with E-state index in [4.69, 9.17) is 0 Å². The maximum absolute atomic E-state index is 13.0. The van der Waals surface area contributed by atoms with Gasteiger partial charge in [-0.2, -0.15) is 0 Å². The van der Waals surface area contributed by atoms with E-state index in [1.807, 2.05) is 11.0 Å². The van der Waals surface area contributed by atoms with Crippen molar-refractivity contribution >= 4 is 11.7 Å². The molecule has 4 nitrogen and oxygen atoms in total. The van der Waals surface area contributed by atoms with E-state index < -0.39 is 0 Å². The Kier molecular flexibility index (Phi) is 4.89. The fourth-order valence-corrected chi connectivity index (χ4v) is 4.13. The average Bonchev–Trinajstić information content (AvgIpc) is 2.95. The number of carbonyl (C=O) groups excluding carboxylic acids is 1. The number of hydrogen-bond acceptors (Lipinski definition) is 2. The molecule has 2 bridgehead atoms. The van der Waals surface area contributed by atoms with Crippen LogP contribution in [0.15, 0.2) is 54.6 Å². The van der Waals surface area contributed by atoms with E-state index in [9.17, 15) is 9.18 Å². The molecule has 2 aromatic rings. The molecule has 0 radical (unpaired) electrons. The van der Waals surface area contributed by atoms with Gasteiger partial charge in [0.25, 0.3) is 0 Å². The minimum Gasteiger partial charge on any atom is -0.320 e. The topological polar surface area (TPSA) is 35.6 Å². The highest BCUT2D eigenvalue weighted by Gasteiger charge is 2.37. The van der Waals surface area contributed by atoms with Gasteiger partial charge in [-0.25, -0.2) is 9.18 Å². The van der Waals surface area contributed by atoms with Crippen molar-refractivity contribution < 1.29 is 9.18 Å². The van der Waals surface area contributed by atoms with Gasteiger partial charge in [-0.15, -0.1) is 0 Å². The average molecular weight is 353 g/mol. The summed E-state index contributed by atoms with van der Waals surface area (Å²) in [5.74, 6) is 0.213. The predicted octanol–water partition coefficient (Wildman–Crippen LogP) is 3.95. The van der Waals surface area contributed by atoms with Gasteiger partial charge in [0.05, 0.1) is 0 Å². The molecule has 0 aromatic heterocycles. The van der Waals surface area contributed by atoms with Crippen LogP contribution in [0.2, 0.25) is 0 Å². The number of nitrogens with zero attached hydrogens (tertiary/aromatic N) is 2. The summed E-state index contributed by atoms with van der Waals surface area (Å²) in [5.41, 5.74) is 1.95. The van der Waals surface area contributed by atoms with Crippen LogP contribution in [0.1, 0.15) is 18.4 Å². The summed E-state index contributed by atoms with van der Waals surface area (Å²) in [6.45, 7) is 3.66. The number of rotatable bonds is 3. The largest absolute Gasteiger partial charge is 0.322 e. The van der Waals surface area contributed by atoms with E-state index >= 15 is 0 Å². The molecule has 3 saturated heterocycles. The number of nitrogens with one attached hydrogen (secondary N) is 1. The van der Waals surface area contributed by atoms with Gasteiger partial charge in [0, 0.05) is 37.9 Å². The standard InChI is InChI=1S/C21H24FN3O/c22-18-7-9-19(10-8-18)23-21(26)25-14-17-6-11-20(25)15-24(13-17)12-16-4-2-1-3-5-16/h1-5,7-10,17,20H,6,11-15H2,(H,23,26)/t17-,20+/m0/s1. The summed E-state index contributed by atoms with van der Waals surface area (Å²) < 4.78 is 13.0. The Morgan fingerprint density at radius 1 is 1.00 bits per heavy atom. The molecule has 0 aliphatic carbocycles. The maximum atomic E-state index is 13.0. The third kappa shape index (κ3) is 3.88. The Morgan fingerprint density at radius 2 is 1.77 bits per heavy atom. The number of fused-ring (bicyclic) bond motifs is 4. The lowest BCUT2D eigenvalue weighted by molar-refractivity contribution is 0.151. The highest BCUT2D eigenvalue weighted by Crippen LogP contribution is 2.29. The van der Waals surface area contributed by atoms with Gasteiger partial charge in [0.2, 0.25) is 0 Å². The third-order valence-electron chi connectivity index (χ3n) is 5.39. The number of anilines is 1. The second-order valence-corrected chi connectivity index (χ2v) is 7.37. The van der Waals surface area contributed by atoms with E-state index in [0.717, 1.165) is 32.6 Å². The number of piperidine rings is 1. The first-order chi connectivity index (χ1) is 12.7. The molecule has 0 saturated carbocycles. The third-order valence-corrected chi connectivity index (χ3v) is 5.39. The van der Waals surface area contributed by atoms with Crippen LogP contribution in [0, 0.1) is 11.7 Å². The number of urea groups is 1. The molecule has 3 fully saturated rings. The first-order valence-corrected chi connectivity index (χ1v) is 9.27. The van der Waals surface area contributed by atoms with E-state index in [0.29, 0.717) is 11.6 Å². The molecule has 1 N–H and O–H groups in total. The second-order valence-electron chi connectivity index (χ2n) is 7.37. The van der Waals surface area contributed by atoms with Crippen molar-refractivity contribution in [3.05, 3.63) is 66.0 Å². The summed E-state index contributed by atoms with van der Waals surface area (Å²) in [6, 6.07) is 16.6. The molecule has 3 heterocycles. The quantitative estimate of drug-likeness (QED) is 0.907. The Labute approximate surface area is 153 Å². The molecule has 0 spiro atoms. The number of halogens is 1. The van der Waals surface area contributed by atoms with Crippen molar-refractivity contribution in [3.8, 4) is 0 Å². The van der Waals surface area contributed by atoms with Crippen molar-refractivity contribution in [1.29, 1.82) is 0 Å². The molecule has 0 unspecified atom stereocenters. The Hall–Kier alpha value is -2.40. The van der Waals surface area contributed by atoms with Crippen molar-refractivity contribution in [1.82, 2.24) is 9.80 Å². The lowest BCUT2D eigenvalue weighted by Gasteiger charge is -2.36. The monoisotopic (exact) mass is 353 g/mol.